The van der Waals surface area contributed by atoms with E-state index in [-0.39, 0.29) is 35.4 Å². The lowest BCUT2D eigenvalue weighted by Gasteiger charge is -2.36. The lowest BCUT2D eigenvalue weighted by atomic mass is 9.80. The Morgan fingerprint density at radius 2 is 1.38 bits per heavy atom. The highest BCUT2D eigenvalue weighted by molar-refractivity contribution is 7.80. The van der Waals surface area contributed by atoms with Crippen LogP contribution in [-0.2, 0) is 14.4 Å². The van der Waals surface area contributed by atoms with Gasteiger partial charge in [-0.25, -0.2) is 0 Å². The van der Waals surface area contributed by atoms with Crippen LogP contribution in [-0.4, -0.2) is 52.4 Å². The Morgan fingerprint density at radius 3 is 1.77 bits per heavy atom. The van der Waals surface area contributed by atoms with Crippen LogP contribution in [0.25, 0.3) is 0 Å². The van der Waals surface area contributed by atoms with E-state index in [4.69, 9.17) is 0 Å². The van der Waals surface area contributed by atoms with Gasteiger partial charge in [-0.2, -0.15) is 37.9 Å². The van der Waals surface area contributed by atoms with E-state index in [0.717, 1.165) is 0 Å². The number of ketones is 2. The standard InChI is InChI=1S/C18H34N2O3S3/c1-6-8-13(21)18(5,12-26)20-15(23)16(3,10-24)9-14(22)17(4,11-25)19-7-2/h19,24-26H,6-12H2,1-5H3,(H,20,23)/t16-,17-,18-/m0/s1. The number of likely N-dealkylation sites (N-methyl/N-ethyl adjacent to an activating group) is 1. The molecule has 0 heterocycles. The summed E-state index contributed by atoms with van der Waals surface area (Å²) in [6.45, 7) is 9.60. The molecule has 0 aromatic carbocycles. The first-order chi connectivity index (χ1) is 12.0. The fraction of sp³-hybridized carbons (Fsp3) is 0.833. The van der Waals surface area contributed by atoms with Crippen LogP contribution in [0.1, 0.15) is 53.9 Å². The summed E-state index contributed by atoms with van der Waals surface area (Å²) in [6, 6.07) is 0. The molecule has 26 heavy (non-hydrogen) atoms. The van der Waals surface area contributed by atoms with Gasteiger partial charge in [-0.1, -0.05) is 13.8 Å². The molecular formula is C18H34N2O3S3. The van der Waals surface area contributed by atoms with E-state index in [9.17, 15) is 14.4 Å². The molecule has 0 aliphatic rings. The van der Waals surface area contributed by atoms with E-state index in [1.54, 1.807) is 20.8 Å². The van der Waals surface area contributed by atoms with Gasteiger partial charge in [0.1, 0.15) is 5.54 Å². The Hall–Kier alpha value is -0.180. The third kappa shape index (κ3) is 6.46. The molecule has 3 atom stereocenters. The fourth-order valence-corrected chi connectivity index (χ4v) is 3.29. The van der Waals surface area contributed by atoms with Crippen LogP contribution in [0.3, 0.4) is 0 Å². The maximum absolute atomic E-state index is 12.9. The van der Waals surface area contributed by atoms with Gasteiger partial charge >= 0.3 is 0 Å². The second-order valence-electron chi connectivity index (χ2n) is 7.46. The number of hydrogen-bond acceptors (Lipinski definition) is 7. The number of nitrogens with one attached hydrogen (secondary N) is 2. The maximum atomic E-state index is 12.9. The summed E-state index contributed by atoms with van der Waals surface area (Å²) in [7, 11) is 0. The molecule has 8 heteroatoms. The zero-order chi connectivity index (χ0) is 20.6. The van der Waals surface area contributed by atoms with Crippen LogP contribution in [0.5, 0.6) is 0 Å². The van der Waals surface area contributed by atoms with Crippen LogP contribution >= 0.6 is 37.9 Å². The highest BCUT2D eigenvalue weighted by Gasteiger charge is 2.43. The smallest absolute Gasteiger partial charge is 0.228 e. The van der Waals surface area contributed by atoms with Crippen molar-refractivity contribution in [1.82, 2.24) is 10.6 Å². The molecule has 152 valence electrons. The SMILES string of the molecule is CCCC(=O)[C@](C)(CS)NC(=O)[C@](C)(CS)CC(=O)[C@](C)(CS)NCC. The minimum atomic E-state index is -1.06. The van der Waals surface area contributed by atoms with Gasteiger partial charge in [-0.15, -0.1) is 0 Å². The second-order valence-corrected chi connectivity index (χ2v) is 8.41. The summed E-state index contributed by atoms with van der Waals surface area (Å²) in [4.78, 5) is 38.2. The van der Waals surface area contributed by atoms with Gasteiger partial charge in [0.15, 0.2) is 11.6 Å². The van der Waals surface area contributed by atoms with Crippen molar-refractivity contribution >= 4 is 55.4 Å². The third-order valence-corrected chi connectivity index (χ3v) is 6.71. The molecule has 0 radical (unpaired) electrons. The maximum Gasteiger partial charge on any atom is 0.228 e. The number of carbonyl (C=O) groups excluding carboxylic acids is 3. The van der Waals surface area contributed by atoms with Crippen molar-refractivity contribution in [3.05, 3.63) is 0 Å². The van der Waals surface area contributed by atoms with E-state index in [0.29, 0.717) is 25.1 Å². The Kier molecular flexibility index (Phi) is 10.9. The third-order valence-electron chi connectivity index (χ3n) is 4.74. The van der Waals surface area contributed by atoms with E-state index in [1.165, 1.54) is 0 Å². The molecule has 0 fully saturated rings. The predicted octanol–water partition coefficient (Wildman–Crippen LogP) is 2.35. The molecule has 0 aliphatic carbocycles. The molecule has 0 bridgehead atoms. The van der Waals surface area contributed by atoms with Gasteiger partial charge in [-0.05, 0) is 33.7 Å². The average Bonchev–Trinajstić information content (AvgIpc) is 2.61. The van der Waals surface area contributed by atoms with Gasteiger partial charge < -0.3 is 10.6 Å². The van der Waals surface area contributed by atoms with Crippen LogP contribution in [0.15, 0.2) is 0 Å². The van der Waals surface area contributed by atoms with E-state index in [1.807, 2.05) is 13.8 Å². The molecule has 0 saturated heterocycles. The molecule has 1 amide bonds. The van der Waals surface area contributed by atoms with Crippen LogP contribution in [0.2, 0.25) is 0 Å². The number of Topliss-reactive ketones (excluding diaryl/α,β-unsaturated/α-hetero) is 2. The minimum Gasteiger partial charge on any atom is -0.343 e. The molecule has 0 unspecified atom stereocenters. The summed E-state index contributed by atoms with van der Waals surface area (Å²) >= 11 is 12.8. The second kappa shape index (κ2) is 11.0. The van der Waals surface area contributed by atoms with Crippen LogP contribution < -0.4 is 10.6 Å². The minimum absolute atomic E-state index is 0.0109. The molecule has 0 aromatic heterocycles. The number of thiol groups is 3. The first kappa shape index (κ1) is 25.8. The Labute approximate surface area is 174 Å². The normalized spacial score (nSPS) is 18.3. The van der Waals surface area contributed by atoms with Crippen molar-refractivity contribution in [3.8, 4) is 0 Å². The zero-order valence-corrected chi connectivity index (χ0v) is 19.2. The molecule has 0 aromatic rings. The predicted molar refractivity (Wildman–Crippen MR) is 118 cm³/mol. The molecule has 2 N–H and O–H groups in total. The molecule has 0 aliphatic heterocycles. The molecular weight excluding hydrogens is 388 g/mol. The number of amides is 1. The number of carbonyl (C=O) groups is 3. The van der Waals surface area contributed by atoms with Gasteiger partial charge in [0, 0.05) is 30.1 Å². The fourth-order valence-electron chi connectivity index (χ4n) is 2.49. The highest BCUT2D eigenvalue weighted by Crippen LogP contribution is 2.28. The van der Waals surface area contributed by atoms with Crippen molar-refractivity contribution in [2.75, 3.05) is 23.8 Å². The molecule has 0 rings (SSSR count). The summed E-state index contributed by atoms with van der Waals surface area (Å²) in [5, 5.41) is 5.96. The summed E-state index contributed by atoms with van der Waals surface area (Å²) in [5.41, 5.74) is -2.90. The van der Waals surface area contributed by atoms with Gasteiger partial charge in [0.25, 0.3) is 0 Å². The van der Waals surface area contributed by atoms with Crippen LogP contribution in [0, 0.1) is 5.41 Å². The largest absolute Gasteiger partial charge is 0.343 e. The van der Waals surface area contributed by atoms with Gasteiger partial charge in [0.2, 0.25) is 5.91 Å². The number of hydrogen-bond donors (Lipinski definition) is 5. The summed E-state index contributed by atoms with van der Waals surface area (Å²) < 4.78 is 0. The van der Waals surface area contributed by atoms with Gasteiger partial charge in [-0.3, -0.25) is 14.4 Å². The Bertz CT molecular complexity index is 518. The lowest BCUT2D eigenvalue weighted by molar-refractivity contribution is -0.139. The monoisotopic (exact) mass is 422 g/mol. The van der Waals surface area contributed by atoms with E-state index < -0.39 is 16.5 Å². The first-order valence-corrected chi connectivity index (χ1v) is 10.8. The van der Waals surface area contributed by atoms with Crippen molar-refractivity contribution in [1.29, 1.82) is 0 Å². The lowest BCUT2D eigenvalue weighted by Crippen LogP contribution is -2.59. The number of rotatable bonds is 13. The Morgan fingerprint density at radius 1 is 0.846 bits per heavy atom. The highest BCUT2D eigenvalue weighted by atomic mass is 32.1. The van der Waals surface area contributed by atoms with Crippen molar-refractivity contribution < 1.29 is 14.4 Å². The molecule has 5 nitrogen and oxygen atoms in total. The van der Waals surface area contributed by atoms with E-state index in [2.05, 4.69) is 48.5 Å². The molecule has 0 spiro atoms. The quantitative estimate of drug-likeness (QED) is 0.295. The summed E-state index contributed by atoms with van der Waals surface area (Å²) in [5.74, 6) is 0.175. The van der Waals surface area contributed by atoms with Crippen molar-refractivity contribution in [2.24, 2.45) is 5.41 Å². The average molecular weight is 423 g/mol. The van der Waals surface area contributed by atoms with E-state index >= 15 is 0 Å². The molecule has 0 saturated carbocycles. The zero-order valence-electron chi connectivity index (χ0n) is 16.5. The van der Waals surface area contributed by atoms with Crippen molar-refractivity contribution in [2.45, 2.75) is 65.0 Å². The van der Waals surface area contributed by atoms with Crippen molar-refractivity contribution in [3.63, 3.8) is 0 Å². The first-order valence-electron chi connectivity index (χ1n) is 8.95. The van der Waals surface area contributed by atoms with Gasteiger partial charge in [0.05, 0.1) is 11.0 Å². The topological polar surface area (TPSA) is 75.3 Å². The Balaban J connectivity index is 5.43. The summed E-state index contributed by atoms with van der Waals surface area (Å²) in [6.07, 6.45) is 1.08. The van der Waals surface area contributed by atoms with Crippen LogP contribution in [0.4, 0.5) is 0 Å².